The molecule has 4 heteroatoms. The first-order chi connectivity index (χ1) is 9.96. The fraction of sp³-hybridized carbons (Fsp3) is 0.294. The maximum atomic E-state index is 6.45. The molecule has 1 atom stereocenters. The summed E-state index contributed by atoms with van der Waals surface area (Å²) in [5, 5.41) is 0. The van der Waals surface area contributed by atoms with Crippen molar-refractivity contribution in [2.24, 2.45) is 5.73 Å². The number of hydrogen-bond acceptors (Lipinski definition) is 3. The third-order valence-electron chi connectivity index (χ3n) is 3.44. The molecule has 0 bridgehead atoms. The number of nitrogens with two attached hydrogens (primary N) is 1. The molecule has 0 aromatic heterocycles. The van der Waals surface area contributed by atoms with E-state index >= 15 is 0 Å². The van der Waals surface area contributed by atoms with Gasteiger partial charge in [0.05, 0.1) is 24.7 Å². The van der Waals surface area contributed by atoms with Gasteiger partial charge in [-0.05, 0) is 47.5 Å². The van der Waals surface area contributed by atoms with Gasteiger partial charge in [0.25, 0.3) is 0 Å². The highest BCUT2D eigenvalue weighted by atomic mass is 79.9. The Kier molecular flexibility index (Phi) is 4.91. The molecule has 2 aromatic carbocycles. The molecule has 0 spiro atoms. The van der Waals surface area contributed by atoms with Crippen molar-refractivity contribution in [3.05, 3.63) is 57.1 Å². The number of hydrogen-bond donors (Lipinski definition) is 1. The second kappa shape index (κ2) is 6.50. The third kappa shape index (κ3) is 3.39. The van der Waals surface area contributed by atoms with Gasteiger partial charge in [-0.1, -0.05) is 29.3 Å². The molecule has 1 unspecified atom stereocenters. The van der Waals surface area contributed by atoms with E-state index in [2.05, 4.69) is 48.0 Å². The summed E-state index contributed by atoms with van der Waals surface area (Å²) in [5.41, 5.74) is 10.8. The molecule has 2 aromatic rings. The topological polar surface area (TPSA) is 44.5 Å². The summed E-state index contributed by atoms with van der Waals surface area (Å²) >= 11 is 3.47. The van der Waals surface area contributed by atoms with Crippen LogP contribution in [-0.2, 0) is 0 Å². The first-order valence-corrected chi connectivity index (χ1v) is 7.50. The molecule has 2 rings (SSSR count). The van der Waals surface area contributed by atoms with Crippen LogP contribution in [-0.4, -0.2) is 14.2 Å². The van der Waals surface area contributed by atoms with Gasteiger partial charge in [0, 0.05) is 5.56 Å². The van der Waals surface area contributed by atoms with Gasteiger partial charge in [-0.25, -0.2) is 0 Å². The largest absolute Gasteiger partial charge is 0.496 e. The van der Waals surface area contributed by atoms with Crippen LogP contribution in [0.2, 0.25) is 0 Å². The van der Waals surface area contributed by atoms with E-state index < -0.39 is 0 Å². The molecule has 0 saturated carbocycles. The zero-order chi connectivity index (χ0) is 15.6. The fourth-order valence-corrected chi connectivity index (χ4v) is 2.98. The Morgan fingerprint density at radius 3 is 2.00 bits per heavy atom. The fourth-order valence-electron chi connectivity index (χ4n) is 2.50. The summed E-state index contributed by atoms with van der Waals surface area (Å²) in [4.78, 5) is 0. The second-order valence-corrected chi connectivity index (χ2v) is 5.98. The highest BCUT2D eigenvalue weighted by Gasteiger charge is 2.17. The molecule has 0 saturated heterocycles. The van der Waals surface area contributed by atoms with E-state index in [0.29, 0.717) is 0 Å². The van der Waals surface area contributed by atoms with Gasteiger partial charge in [-0.15, -0.1) is 0 Å². The van der Waals surface area contributed by atoms with Crippen LogP contribution in [0, 0.1) is 13.8 Å². The smallest absolute Gasteiger partial charge is 0.133 e. The van der Waals surface area contributed by atoms with Crippen LogP contribution in [0.4, 0.5) is 0 Å². The minimum absolute atomic E-state index is 0.263. The molecular formula is C17H20BrNO2. The van der Waals surface area contributed by atoms with E-state index in [9.17, 15) is 0 Å². The molecule has 0 aliphatic carbocycles. The van der Waals surface area contributed by atoms with Crippen molar-refractivity contribution in [2.75, 3.05) is 14.2 Å². The van der Waals surface area contributed by atoms with Crippen LogP contribution in [0.1, 0.15) is 28.3 Å². The van der Waals surface area contributed by atoms with Crippen LogP contribution in [0.5, 0.6) is 11.5 Å². The van der Waals surface area contributed by atoms with Gasteiger partial charge in [-0.2, -0.15) is 0 Å². The predicted molar refractivity (Wildman–Crippen MR) is 89.2 cm³/mol. The highest BCUT2D eigenvalue weighted by Crippen LogP contribution is 2.37. The molecular weight excluding hydrogens is 330 g/mol. The first kappa shape index (κ1) is 15.9. The van der Waals surface area contributed by atoms with Crippen LogP contribution < -0.4 is 15.2 Å². The van der Waals surface area contributed by atoms with Gasteiger partial charge in [0.1, 0.15) is 11.5 Å². The van der Waals surface area contributed by atoms with Crippen LogP contribution in [0.25, 0.3) is 0 Å². The number of benzene rings is 2. The van der Waals surface area contributed by atoms with Gasteiger partial charge in [0.2, 0.25) is 0 Å². The van der Waals surface area contributed by atoms with Crippen molar-refractivity contribution < 1.29 is 9.47 Å². The van der Waals surface area contributed by atoms with Crippen LogP contribution in [0.3, 0.4) is 0 Å². The Morgan fingerprint density at radius 2 is 1.48 bits per heavy atom. The van der Waals surface area contributed by atoms with Crippen molar-refractivity contribution in [2.45, 2.75) is 19.9 Å². The molecule has 0 aliphatic rings. The van der Waals surface area contributed by atoms with E-state index in [1.54, 1.807) is 14.2 Å². The van der Waals surface area contributed by atoms with Crippen LogP contribution >= 0.6 is 15.9 Å². The number of methoxy groups -OCH3 is 2. The van der Waals surface area contributed by atoms with Gasteiger partial charge in [-0.3, -0.25) is 0 Å². The Balaban J connectivity index is 2.53. The summed E-state index contributed by atoms with van der Waals surface area (Å²) < 4.78 is 11.7. The highest BCUT2D eigenvalue weighted by molar-refractivity contribution is 9.10. The van der Waals surface area contributed by atoms with E-state index in [4.69, 9.17) is 15.2 Å². The molecule has 112 valence electrons. The summed E-state index contributed by atoms with van der Waals surface area (Å²) in [5.74, 6) is 1.49. The van der Waals surface area contributed by atoms with Crippen LogP contribution in [0.15, 0.2) is 34.8 Å². The lowest BCUT2D eigenvalue weighted by Gasteiger charge is -2.19. The summed E-state index contributed by atoms with van der Waals surface area (Å²) in [6.45, 7) is 4.14. The number of rotatable bonds is 4. The molecule has 3 nitrogen and oxygen atoms in total. The lowest BCUT2D eigenvalue weighted by Crippen LogP contribution is -2.14. The van der Waals surface area contributed by atoms with E-state index in [0.717, 1.165) is 27.1 Å². The van der Waals surface area contributed by atoms with Crippen molar-refractivity contribution in [3.8, 4) is 11.5 Å². The van der Waals surface area contributed by atoms with Gasteiger partial charge < -0.3 is 15.2 Å². The second-order valence-electron chi connectivity index (χ2n) is 5.13. The van der Waals surface area contributed by atoms with E-state index in [-0.39, 0.29) is 6.04 Å². The number of halogens is 1. The zero-order valence-electron chi connectivity index (χ0n) is 12.7. The quantitative estimate of drug-likeness (QED) is 0.902. The maximum absolute atomic E-state index is 6.45. The average Bonchev–Trinajstić information content (AvgIpc) is 2.45. The van der Waals surface area contributed by atoms with Crippen molar-refractivity contribution in [1.29, 1.82) is 0 Å². The van der Waals surface area contributed by atoms with Crippen molar-refractivity contribution in [1.82, 2.24) is 0 Å². The SMILES string of the molecule is COc1cc(C(N)c2cc(C)cc(C)c2)c(OC)cc1Br. The Morgan fingerprint density at radius 1 is 0.905 bits per heavy atom. The van der Waals surface area contributed by atoms with Crippen molar-refractivity contribution in [3.63, 3.8) is 0 Å². The Hall–Kier alpha value is -1.52. The monoisotopic (exact) mass is 349 g/mol. The summed E-state index contributed by atoms with van der Waals surface area (Å²) in [6, 6.07) is 9.88. The molecule has 0 radical (unpaired) electrons. The predicted octanol–water partition coefficient (Wildman–Crippen LogP) is 4.13. The summed E-state index contributed by atoms with van der Waals surface area (Å²) in [7, 11) is 3.28. The summed E-state index contributed by atoms with van der Waals surface area (Å²) in [6.07, 6.45) is 0. The Labute approximate surface area is 134 Å². The van der Waals surface area contributed by atoms with E-state index in [1.807, 2.05) is 12.1 Å². The molecule has 0 amide bonds. The maximum Gasteiger partial charge on any atom is 0.133 e. The lowest BCUT2D eigenvalue weighted by molar-refractivity contribution is 0.395. The first-order valence-electron chi connectivity index (χ1n) is 6.71. The Bertz CT molecular complexity index is 635. The minimum Gasteiger partial charge on any atom is -0.496 e. The zero-order valence-corrected chi connectivity index (χ0v) is 14.3. The van der Waals surface area contributed by atoms with Gasteiger partial charge >= 0.3 is 0 Å². The molecule has 0 fully saturated rings. The van der Waals surface area contributed by atoms with E-state index in [1.165, 1.54) is 11.1 Å². The molecule has 21 heavy (non-hydrogen) atoms. The number of ether oxygens (including phenoxy) is 2. The molecule has 0 heterocycles. The normalized spacial score (nSPS) is 12.1. The standard InChI is InChI=1S/C17H20BrNO2/c1-10-5-11(2)7-12(6-10)17(19)13-8-16(21-4)14(18)9-15(13)20-3/h5-9,17H,19H2,1-4H3. The molecule has 0 aliphatic heterocycles. The molecule has 2 N–H and O–H groups in total. The van der Waals surface area contributed by atoms with Gasteiger partial charge in [0.15, 0.2) is 0 Å². The average molecular weight is 350 g/mol. The van der Waals surface area contributed by atoms with Crippen molar-refractivity contribution >= 4 is 15.9 Å². The third-order valence-corrected chi connectivity index (χ3v) is 4.06. The minimum atomic E-state index is -0.263. The number of aryl methyl sites for hydroxylation is 2. The lowest BCUT2D eigenvalue weighted by atomic mass is 9.95.